The molecule has 0 radical (unpaired) electrons. The van der Waals surface area contributed by atoms with Crippen molar-refractivity contribution in [2.75, 3.05) is 5.32 Å². The first-order valence-corrected chi connectivity index (χ1v) is 5.30. The van der Waals surface area contributed by atoms with Crippen molar-refractivity contribution in [1.29, 1.82) is 0 Å². The quantitative estimate of drug-likeness (QED) is 0.731. The Balaban J connectivity index is 2.26. The van der Waals surface area contributed by atoms with E-state index in [1.807, 2.05) is 38.1 Å². The van der Waals surface area contributed by atoms with E-state index in [4.69, 9.17) is 0 Å². The molecular weight excluding hydrogens is 188 g/mol. The molecule has 80 valence electrons. The van der Waals surface area contributed by atoms with Gasteiger partial charge in [0.1, 0.15) is 0 Å². The number of benzene rings is 1. The van der Waals surface area contributed by atoms with Crippen molar-refractivity contribution in [3.63, 3.8) is 0 Å². The summed E-state index contributed by atoms with van der Waals surface area (Å²) in [6.07, 6.45) is 0. The van der Waals surface area contributed by atoms with Gasteiger partial charge in [-0.15, -0.1) is 0 Å². The van der Waals surface area contributed by atoms with E-state index in [0.717, 1.165) is 17.8 Å². The second kappa shape index (κ2) is 4.03. The van der Waals surface area contributed by atoms with E-state index in [-0.39, 0.29) is 11.9 Å². The molecule has 1 unspecified atom stereocenters. The molecule has 1 heterocycles. The highest BCUT2D eigenvalue weighted by atomic mass is 16.2. The summed E-state index contributed by atoms with van der Waals surface area (Å²) in [4.78, 5) is 11.8. The van der Waals surface area contributed by atoms with Crippen molar-refractivity contribution >= 4 is 11.6 Å². The van der Waals surface area contributed by atoms with Gasteiger partial charge in [-0.25, -0.2) is 0 Å². The van der Waals surface area contributed by atoms with Crippen LogP contribution in [0.1, 0.15) is 19.4 Å². The van der Waals surface area contributed by atoms with Gasteiger partial charge in [0.05, 0.1) is 6.04 Å². The number of carbonyl (C=O) groups excluding carboxylic acids is 1. The van der Waals surface area contributed by atoms with Crippen molar-refractivity contribution in [3.05, 3.63) is 29.8 Å². The summed E-state index contributed by atoms with van der Waals surface area (Å²) in [5.74, 6) is 0.370. The summed E-state index contributed by atoms with van der Waals surface area (Å²) < 4.78 is 0. The van der Waals surface area contributed by atoms with Crippen LogP contribution in [0.2, 0.25) is 0 Å². The Morgan fingerprint density at radius 3 is 2.80 bits per heavy atom. The first-order valence-electron chi connectivity index (χ1n) is 5.30. The predicted octanol–water partition coefficient (Wildman–Crippen LogP) is 1.75. The summed E-state index contributed by atoms with van der Waals surface area (Å²) in [5.41, 5.74) is 2.08. The Labute approximate surface area is 89.9 Å². The van der Waals surface area contributed by atoms with E-state index in [1.165, 1.54) is 0 Å². The van der Waals surface area contributed by atoms with Crippen LogP contribution in [0.3, 0.4) is 0 Å². The normalized spacial score (nSPS) is 20.7. The first kappa shape index (κ1) is 10.2. The molecule has 3 heteroatoms. The fourth-order valence-electron chi connectivity index (χ4n) is 1.86. The first-order chi connectivity index (χ1) is 7.18. The molecular formula is C12H16N2O. The average molecular weight is 204 g/mol. The maximum absolute atomic E-state index is 11.8. The van der Waals surface area contributed by atoms with Gasteiger partial charge in [-0.05, 0) is 17.5 Å². The topological polar surface area (TPSA) is 41.1 Å². The fraction of sp³-hybridized carbons (Fsp3) is 0.417. The number of amides is 1. The third kappa shape index (κ3) is 2.02. The summed E-state index contributed by atoms with van der Waals surface area (Å²) in [7, 11) is 0. The van der Waals surface area contributed by atoms with Crippen molar-refractivity contribution < 1.29 is 4.79 Å². The molecule has 2 rings (SSSR count). The van der Waals surface area contributed by atoms with Crippen LogP contribution < -0.4 is 10.6 Å². The minimum Gasteiger partial charge on any atom is -0.324 e. The molecule has 2 N–H and O–H groups in total. The summed E-state index contributed by atoms with van der Waals surface area (Å²) in [6.45, 7) is 4.85. The lowest BCUT2D eigenvalue weighted by Crippen LogP contribution is -2.41. The number of rotatable bonds is 1. The smallest absolute Gasteiger partial charge is 0.241 e. The number of anilines is 1. The number of hydrogen-bond donors (Lipinski definition) is 2. The second-order valence-electron chi connectivity index (χ2n) is 4.25. The number of fused-ring (bicyclic) bond motifs is 1. The van der Waals surface area contributed by atoms with E-state index in [0.29, 0.717) is 5.92 Å². The van der Waals surface area contributed by atoms with Crippen LogP contribution in [0.4, 0.5) is 5.69 Å². The highest BCUT2D eigenvalue weighted by molar-refractivity contribution is 5.96. The molecule has 0 saturated carbocycles. The van der Waals surface area contributed by atoms with Gasteiger partial charge in [0.25, 0.3) is 0 Å². The van der Waals surface area contributed by atoms with Gasteiger partial charge in [0.15, 0.2) is 0 Å². The maximum atomic E-state index is 11.8. The minimum absolute atomic E-state index is 0.0648. The van der Waals surface area contributed by atoms with E-state index < -0.39 is 0 Å². The zero-order valence-corrected chi connectivity index (χ0v) is 9.08. The van der Waals surface area contributed by atoms with E-state index in [2.05, 4.69) is 10.6 Å². The van der Waals surface area contributed by atoms with Gasteiger partial charge in [0, 0.05) is 12.2 Å². The Bertz CT molecular complexity index is 374. The van der Waals surface area contributed by atoms with E-state index in [1.54, 1.807) is 0 Å². The summed E-state index contributed by atoms with van der Waals surface area (Å²) in [6, 6.07) is 7.80. The Morgan fingerprint density at radius 2 is 2.07 bits per heavy atom. The lowest BCUT2D eigenvalue weighted by Gasteiger charge is -2.17. The number of para-hydroxylation sites is 1. The van der Waals surface area contributed by atoms with Crippen molar-refractivity contribution in [3.8, 4) is 0 Å². The molecule has 0 aromatic heterocycles. The molecule has 1 aromatic carbocycles. The van der Waals surface area contributed by atoms with Gasteiger partial charge >= 0.3 is 0 Å². The van der Waals surface area contributed by atoms with Gasteiger partial charge in [0.2, 0.25) is 5.91 Å². The van der Waals surface area contributed by atoms with Crippen LogP contribution in [-0.2, 0) is 11.3 Å². The van der Waals surface area contributed by atoms with Crippen LogP contribution in [0.25, 0.3) is 0 Å². The van der Waals surface area contributed by atoms with Gasteiger partial charge < -0.3 is 10.6 Å². The monoisotopic (exact) mass is 204 g/mol. The zero-order chi connectivity index (χ0) is 10.8. The van der Waals surface area contributed by atoms with Crippen molar-refractivity contribution in [2.24, 2.45) is 5.92 Å². The van der Waals surface area contributed by atoms with Gasteiger partial charge in [-0.2, -0.15) is 0 Å². The molecule has 0 fully saturated rings. The van der Waals surface area contributed by atoms with Crippen LogP contribution in [0.15, 0.2) is 24.3 Å². The van der Waals surface area contributed by atoms with Crippen LogP contribution in [0.5, 0.6) is 0 Å². The van der Waals surface area contributed by atoms with E-state index in [9.17, 15) is 4.79 Å². The standard InChI is InChI=1S/C12H16N2O/c1-8(2)11-12(15)14-10-6-4-3-5-9(10)7-13-11/h3-6,8,11,13H,7H2,1-2H3,(H,14,15). The third-order valence-corrected chi connectivity index (χ3v) is 2.74. The largest absolute Gasteiger partial charge is 0.324 e. The highest BCUT2D eigenvalue weighted by Gasteiger charge is 2.25. The third-order valence-electron chi connectivity index (χ3n) is 2.74. The Hall–Kier alpha value is -1.35. The molecule has 15 heavy (non-hydrogen) atoms. The van der Waals surface area contributed by atoms with Gasteiger partial charge in [-0.1, -0.05) is 32.0 Å². The summed E-state index contributed by atoms with van der Waals surface area (Å²) in [5, 5.41) is 6.23. The average Bonchev–Trinajstić information content (AvgIpc) is 2.35. The van der Waals surface area contributed by atoms with E-state index >= 15 is 0 Å². The molecule has 0 aliphatic carbocycles. The SMILES string of the molecule is CC(C)C1NCc2ccccc2NC1=O. The number of carbonyl (C=O) groups is 1. The lowest BCUT2D eigenvalue weighted by molar-refractivity contribution is -0.119. The molecule has 1 amide bonds. The molecule has 0 bridgehead atoms. The molecule has 0 saturated heterocycles. The summed E-state index contributed by atoms with van der Waals surface area (Å²) >= 11 is 0. The second-order valence-corrected chi connectivity index (χ2v) is 4.25. The molecule has 0 spiro atoms. The predicted molar refractivity (Wildman–Crippen MR) is 60.5 cm³/mol. The maximum Gasteiger partial charge on any atom is 0.241 e. The Kier molecular flexibility index (Phi) is 2.73. The fourth-order valence-corrected chi connectivity index (χ4v) is 1.86. The number of nitrogens with one attached hydrogen (secondary N) is 2. The van der Waals surface area contributed by atoms with Crippen LogP contribution in [0, 0.1) is 5.92 Å². The molecule has 1 aliphatic heterocycles. The minimum atomic E-state index is -0.0996. The zero-order valence-electron chi connectivity index (χ0n) is 9.08. The molecule has 1 aliphatic rings. The molecule has 1 aromatic rings. The number of hydrogen-bond acceptors (Lipinski definition) is 2. The van der Waals surface area contributed by atoms with Crippen LogP contribution >= 0.6 is 0 Å². The van der Waals surface area contributed by atoms with Crippen molar-refractivity contribution in [1.82, 2.24) is 5.32 Å². The van der Waals surface area contributed by atoms with Crippen molar-refractivity contribution in [2.45, 2.75) is 26.4 Å². The van der Waals surface area contributed by atoms with Crippen LogP contribution in [-0.4, -0.2) is 11.9 Å². The molecule has 3 nitrogen and oxygen atoms in total. The molecule has 1 atom stereocenters. The Morgan fingerprint density at radius 1 is 1.33 bits per heavy atom. The van der Waals surface area contributed by atoms with Gasteiger partial charge in [-0.3, -0.25) is 4.79 Å². The highest BCUT2D eigenvalue weighted by Crippen LogP contribution is 2.19. The lowest BCUT2D eigenvalue weighted by atomic mass is 10.0.